The Hall–Kier alpha value is -4.16. The summed E-state index contributed by atoms with van der Waals surface area (Å²) in [6.45, 7) is 13.2. The van der Waals surface area contributed by atoms with Gasteiger partial charge in [-0.25, -0.2) is 4.79 Å². The fraction of sp³-hybridized carbons (Fsp3) is 0.642. The van der Waals surface area contributed by atoms with Crippen molar-refractivity contribution in [2.45, 2.75) is 111 Å². The number of anilines is 1. The first-order valence-electron chi connectivity index (χ1n) is 25.1. The molecular formula is C53H71N5O10S. The summed E-state index contributed by atoms with van der Waals surface area (Å²) in [5.41, 5.74) is -1.70. The molecule has 16 heteroatoms. The molecule has 2 aromatic carbocycles. The molecule has 10 atom stereocenters. The Morgan fingerprint density at radius 3 is 2.43 bits per heavy atom. The number of esters is 3. The lowest BCUT2D eigenvalue weighted by molar-refractivity contribution is -0.228. The SMILES string of the molecule is CC[C@]1(O)C[C@H]2CN(CCc3c([nH]c4ccc(SCCCN5CCOCC5)cc34)[C@@](C(=O)OC)(c3cc4c(cc3OC)N(C)C3[C@]45CCN4CC=C[C@@](CC)([C@@H](OC(C)=O)[C@]3(O)C(=O)OC)[C@H]45)C2)C1. The number of nitrogens with zero attached hydrogens (tertiary/aromatic N) is 4. The van der Waals surface area contributed by atoms with Crippen LogP contribution >= 0.6 is 11.8 Å². The Kier molecular flexibility index (Phi) is 12.8. The first kappa shape index (κ1) is 48.5. The van der Waals surface area contributed by atoms with E-state index in [4.69, 9.17) is 23.7 Å². The third kappa shape index (κ3) is 7.30. The highest BCUT2D eigenvalue weighted by molar-refractivity contribution is 7.99. The van der Waals surface area contributed by atoms with E-state index in [1.54, 1.807) is 7.11 Å². The molecule has 2 bridgehead atoms. The van der Waals surface area contributed by atoms with E-state index >= 15 is 4.79 Å². The minimum Gasteiger partial charge on any atom is -0.496 e. The molecule has 0 radical (unpaired) electrons. The highest BCUT2D eigenvalue weighted by atomic mass is 32.2. The number of morpholine rings is 1. The van der Waals surface area contributed by atoms with Crippen LogP contribution in [0.5, 0.6) is 5.75 Å². The average molecular weight is 970 g/mol. The number of rotatable bonds is 12. The summed E-state index contributed by atoms with van der Waals surface area (Å²) in [7, 11) is 6.21. The van der Waals surface area contributed by atoms with E-state index in [0.717, 1.165) is 83.3 Å². The molecule has 374 valence electrons. The monoisotopic (exact) mass is 969 g/mol. The van der Waals surface area contributed by atoms with Gasteiger partial charge in [0.15, 0.2) is 6.10 Å². The third-order valence-electron chi connectivity index (χ3n) is 17.7. The second-order valence-corrected chi connectivity index (χ2v) is 22.2. The van der Waals surface area contributed by atoms with Gasteiger partial charge in [-0.05, 0) is 105 Å². The number of aliphatic hydroxyl groups is 2. The number of benzene rings is 2. The van der Waals surface area contributed by atoms with Crippen molar-refractivity contribution in [3.8, 4) is 5.75 Å². The van der Waals surface area contributed by atoms with Crippen LogP contribution in [0.2, 0.25) is 0 Å². The van der Waals surface area contributed by atoms with Crippen LogP contribution in [-0.2, 0) is 50.6 Å². The smallest absolute Gasteiger partial charge is 0.344 e. The van der Waals surface area contributed by atoms with E-state index in [0.29, 0.717) is 82.6 Å². The van der Waals surface area contributed by atoms with Crippen LogP contribution in [0, 0.1) is 11.3 Å². The molecule has 1 aliphatic carbocycles. The third-order valence-corrected chi connectivity index (χ3v) is 18.7. The maximum absolute atomic E-state index is 15.7. The zero-order valence-corrected chi connectivity index (χ0v) is 42.3. The number of likely N-dealkylation sites (N-methyl/N-ethyl adjacent to an activating group) is 1. The van der Waals surface area contributed by atoms with E-state index < -0.39 is 57.5 Å². The summed E-state index contributed by atoms with van der Waals surface area (Å²) >= 11 is 1.85. The molecule has 3 saturated heterocycles. The Morgan fingerprint density at radius 2 is 1.72 bits per heavy atom. The predicted molar refractivity (Wildman–Crippen MR) is 263 cm³/mol. The van der Waals surface area contributed by atoms with E-state index in [9.17, 15) is 19.8 Å². The highest BCUT2D eigenvalue weighted by Crippen LogP contribution is 2.68. The maximum atomic E-state index is 15.7. The number of methoxy groups -OCH3 is 3. The number of aromatic nitrogens is 1. The summed E-state index contributed by atoms with van der Waals surface area (Å²) in [6, 6.07) is 9.41. The standard InChI is InChI=1S/C53H71N5O10S/c1-8-49(62)29-34-30-52(47(60)65-6,43-36(14-19-57(31-34)32-49)37-26-35(12-13-40(37)54-43)69-25-11-17-56-21-23-67-24-22-56)39-27-38-41(28-42(39)64-5)55(4)45-51(38)16-20-58-18-10-15-50(9-2,44(51)58)46(68-33(3)59)53(45,63)48(61)66-7/h10,12-13,15,26-28,34,44-46,54,62-63H,8-9,11,14,16-25,29-32H2,1-7H3/t34-,44+,45?,46-,49+,50-,51-,52+,53+/m1/s1. The van der Waals surface area contributed by atoms with Crippen molar-refractivity contribution in [2.24, 2.45) is 11.3 Å². The van der Waals surface area contributed by atoms with E-state index in [1.165, 1.54) is 21.1 Å². The Balaban J connectivity index is 1.19. The summed E-state index contributed by atoms with van der Waals surface area (Å²) < 4.78 is 29.8. The zero-order chi connectivity index (χ0) is 48.7. The van der Waals surface area contributed by atoms with Gasteiger partial charge >= 0.3 is 17.9 Å². The number of thioether (sulfide) groups is 1. The lowest BCUT2D eigenvalue weighted by atomic mass is 9.47. The van der Waals surface area contributed by atoms with Crippen molar-refractivity contribution in [3.05, 3.63) is 64.9 Å². The molecule has 7 heterocycles. The summed E-state index contributed by atoms with van der Waals surface area (Å²) in [4.78, 5) is 57.6. The molecule has 6 aliphatic heterocycles. The van der Waals surface area contributed by atoms with Crippen LogP contribution in [-0.4, -0.2) is 177 Å². The summed E-state index contributed by atoms with van der Waals surface area (Å²) in [5, 5.41) is 26.7. The van der Waals surface area contributed by atoms with Gasteiger partial charge in [-0.2, -0.15) is 0 Å². The molecule has 4 fully saturated rings. The fourth-order valence-corrected chi connectivity index (χ4v) is 15.8. The second-order valence-electron chi connectivity index (χ2n) is 21.0. The second kappa shape index (κ2) is 18.2. The van der Waals surface area contributed by atoms with Crippen LogP contribution in [0.1, 0.15) is 81.7 Å². The number of aromatic amines is 1. The first-order chi connectivity index (χ1) is 33.2. The Labute approximate surface area is 410 Å². The van der Waals surface area contributed by atoms with E-state index in [1.807, 2.05) is 43.6 Å². The fourth-order valence-electron chi connectivity index (χ4n) is 14.9. The minimum absolute atomic E-state index is 0.119. The number of carbonyl (C=O) groups excluding carboxylic acids is 3. The summed E-state index contributed by atoms with van der Waals surface area (Å²) in [6.07, 6.45) is 6.96. The van der Waals surface area contributed by atoms with Crippen LogP contribution in [0.15, 0.2) is 47.4 Å². The van der Waals surface area contributed by atoms with Crippen molar-refractivity contribution in [3.63, 3.8) is 0 Å². The van der Waals surface area contributed by atoms with Gasteiger partial charge in [0, 0.05) is 109 Å². The molecule has 1 aromatic heterocycles. The normalized spacial score (nSPS) is 35.0. The summed E-state index contributed by atoms with van der Waals surface area (Å²) in [5.74, 6) is -0.612. The molecule has 10 rings (SSSR count). The molecule has 7 aliphatic rings. The van der Waals surface area contributed by atoms with Crippen molar-refractivity contribution < 1.29 is 48.3 Å². The van der Waals surface area contributed by atoms with Crippen LogP contribution < -0.4 is 9.64 Å². The Bertz CT molecular complexity index is 2530. The quantitative estimate of drug-likeness (QED) is 0.0745. The minimum atomic E-state index is -2.32. The topological polar surface area (TPSA) is 167 Å². The van der Waals surface area contributed by atoms with Crippen LogP contribution in [0.4, 0.5) is 5.69 Å². The van der Waals surface area contributed by atoms with Crippen molar-refractivity contribution >= 4 is 46.3 Å². The van der Waals surface area contributed by atoms with Crippen molar-refractivity contribution in [1.82, 2.24) is 19.7 Å². The number of fused-ring (bicyclic) bond motifs is 6. The highest BCUT2D eigenvalue weighted by Gasteiger charge is 2.80. The molecule has 0 amide bonds. The molecule has 15 nitrogen and oxygen atoms in total. The van der Waals surface area contributed by atoms with Crippen molar-refractivity contribution in [1.29, 1.82) is 0 Å². The van der Waals surface area contributed by atoms with Gasteiger partial charge < -0.3 is 43.8 Å². The van der Waals surface area contributed by atoms with Gasteiger partial charge in [0.25, 0.3) is 0 Å². The number of hydrogen-bond donors (Lipinski definition) is 3. The van der Waals surface area contributed by atoms with Gasteiger partial charge in [-0.1, -0.05) is 26.0 Å². The largest absolute Gasteiger partial charge is 0.496 e. The molecule has 3 N–H and O–H groups in total. The number of H-pyrrole nitrogens is 1. The Morgan fingerprint density at radius 1 is 0.942 bits per heavy atom. The molecule has 69 heavy (non-hydrogen) atoms. The van der Waals surface area contributed by atoms with Gasteiger partial charge in [-0.3, -0.25) is 24.3 Å². The molecule has 3 aromatic rings. The predicted octanol–water partition coefficient (Wildman–Crippen LogP) is 4.81. The molecule has 1 saturated carbocycles. The number of carbonyl (C=O) groups is 3. The van der Waals surface area contributed by atoms with Gasteiger partial charge in [0.1, 0.15) is 11.2 Å². The average Bonchev–Trinajstić information content (AvgIpc) is 4.01. The van der Waals surface area contributed by atoms with E-state index in [2.05, 4.69) is 56.1 Å². The molecule has 1 spiro atoms. The lowest BCUT2D eigenvalue weighted by Crippen LogP contribution is -2.81. The number of hydrogen-bond acceptors (Lipinski definition) is 15. The van der Waals surface area contributed by atoms with Crippen LogP contribution in [0.3, 0.4) is 0 Å². The van der Waals surface area contributed by atoms with E-state index in [-0.39, 0.29) is 12.0 Å². The first-order valence-corrected chi connectivity index (χ1v) is 26.1. The number of ether oxygens (including phenoxy) is 5. The zero-order valence-electron chi connectivity index (χ0n) is 41.4. The van der Waals surface area contributed by atoms with Crippen molar-refractivity contribution in [2.75, 3.05) is 105 Å². The number of nitrogens with one attached hydrogen (secondary N) is 1. The van der Waals surface area contributed by atoms with Gasteiger partial charge in [0.05, 0.1) is 46.2 Å². The maximum Gasteiger partial charge on any atom is 0.344 e. The number of piperidine rings is 1. The van der Waals surface area contributed by atoms with Gasteiger partial charge in [0.2, 0.25) is 5.60 Å². The van der Waals surface area contributed by atoms with Gasteiger partial charge in [-0.15, -0.1) is 11.8 Å². The van der Waals surface area contributed by atoms with Crippen LogP contribution in [0.25, 0.3) is 10.9 Å². The molecule has 2 unspecified atom stereocenters. The lowest BCUT2D eigenvalue weighted by Gasteiger charge is -2.63. The molecular weight excluding hydrogens is 899 g/mol.